The van der Waals surface area contributed by atoms with E-state index in [0.29, 0.717) is 5.92 Å². The molecule has 0 spiro atoms. The number of carbonyl (C=O) groups is 3. The molecule has 44 heavy (non-hydrogen) atoms. The lowest BCUT2D eigenvalue weighted by molar-refractivity contribution is -0.789. The molecule has 0 bridgehead atoms. The van der Waals surface area contributed by atoms with Crippen molar-refractivity contribution in [2.45, 2.75) is 45.6 Å². The van der Waals surface area contributed by atoms with Gasteiger partial charge in [0.2, 0.25) is 5.91 Å². The molecular weight excluding hydrogens is 622 g/mol. The van der Waals surface area contributed by atoms with Gasteiger partial charge in [-0.2, -0.15) is 0 Å². The van der Waals surface area contributed by atoms with Crippen LogP contribution >= 0.6 is 10.8 Å². The average molecular weight is 656 g/mol. The largest absolute Gasteiger partial charge is 0.461 e. The summed E-state index contributed by atoms with van der Waals surface area (Å²) in [6.45, 7) is 4.89. The number of amides is 1. The highest BCUT2D eigenvalue weighted by molar-refractivity contribution is 8.68. The first-order valence-electron chi connectivity index (χ1n) is 13.2. The molecule has 0 heterocycles. The Labute approximate surface area is 259 Å². The molecule has 15 nitrogen and oxygen atoms in total. The van der Waals surface area contributed by atoms with E-state index in [1.807, 2.05) is 24.3 Å². The summed E-state index contributed by atoms with van der Waals surface area (Å²) < 4.78 is 21.7. The van der Waals surface area contributed by atoms with E-state index in [2.05, 4.69) is 28.8 Å². The molecule has 2 aromatic rings. The number of hydrogen-bond donors (Lipinski definition) is 1. The van der Waals surface area contributed by atoms with E-state index in [0.717, 1.165) is 28.3 Å². The van der Waals surface area contributed by atoms with Gasteiger partial charge in [0.15, 0.2) is 0 Å². The number of benzene rings is 2. The number of ether oxygens (including phenoxy) is 2. The molecular formula is C27H33N3O12S2. The van der Waals surface area contributed by atoms with Crippen LogP contribution in [0, 0.1) is 26.1 Å². The summed E-state index contributed by atoms with van der Waals surface area (Å²) >= 11 is 0. The Kier molecular flexibility index (Phi) is 14.5. The third-order valence-corrected chi connectivity index (χ3v) is 7.93. The maximum atomic E-state index is 13.0. The second-order valence-electron chi connectivity index (χ2n) is 9.77. The van der Waals surface area contributed by atoms with Crippen molar-refractivity contribution in [1.82, 2.24) is 0 Å². The molecule has 0 fully saturated rings. The first-order valence-corrected chi connectivity index (χ1v) is 16.3. The minimum Gasteiger partial charge on any atom is -0.461 e. The number of esters is 2. The molecule has 240 valence electrons. The fraction of sp³-hybridized carbons (Fsp3) is 0.444. The van der Waals surface area contributed by atoms with Crippen molar-refractivity contribution in [1.29, 1.82) is 0 Å². The highest BCUT2D eigenvalue weighted by Crippen LogP contribution is 2.27. The minimum atomic E-state index is -1.68. The molecule has 0 aliphatic carbocycles. The summed E-state index contributed by atoms with van der Waals surface area (Å²) in [5.41, 5.74) is 1.84. The van der Waals surface area contributed by atoms with Crippen LogP contribution in [-0.4, -0.2) is 63.6 Å². The van der Waals surface area contributed by atoms with Gasteiger partial charge in [-0.3, -0.25) is 9.59 Å². The second-order valence-corrected chi connectivity index (χ2v) is 13.3. The quantitative estimate of drug-likeness (QED) is 0.0605. The fourth-order valence-electron chi connectivity index (χ4n) is 3.78. The van der Waals surface area contributed by atoms with Crippen molar-refractivity contribution in [2.75, 3.05) is 30.5 Å². The highest BCUT2D eigenvalue weighted by atomic mass is 33.1. The number of nitrogens with one attached hydrogen (secondary N) is 1. The van der Waals surface area contributed by atoms with E-state index in [9.17, 15) is 38.8 Å². The van der Waals surface area contributed by atoms with Gasteiger partial charge in [-0.25, -0.2) is 9.00 Å². The number of hydrogen-bond acceptors (Lipinski definition) is 13. The Hall–Kier alpha value is -4.25. The molecule has 2 rings (SSSR count). The molecule has 2 aromatic carbocycles. The van der Waals surface area contributed by atoms with Gasteiger partial charge in [0.1, 0.15) is 30.6 Å². The van der Waals surface area contributed by atoms with Crippen LogP contribution in [0.5, 0.6) is 5.75 Å². The van der Waals surface area contributed by atoms with Gasteiger partial charge in [-0.05, 0) is 48.6 Å². The molecule has 1 N–H and O–H groups in total. The minimum absolute atomic E-state index is 0.131. The average Bonchev–Trinajstić information content (AvgIpc) is 2.94. The molecule has 0 aliphatic heterocycles. The lowest BCUT2D eigenvalue weighted by Gasteiger charge is -2.16. The molecule has 17 heteroatoms. The summed E-state index contributed by atoms with van der Waals surface area (Å²) in [5, 5.41) is 21.4. The smallest absolute Gasteiger partial charge is 0.342 e. The van der Waals surface area contributed by atoms with E-state index in [4.69, 9.17) is 9.47 Å². The van der Waals surface area contributed by atoms with E-state index in [1.165, 1.54) is 24.5 Å². The van der Waals surface area contributed by atoms with Gasteiger partial charge < -0.3 is 24.5 Å². The Balaban J connectivity index is 2.23. The molecule has 0 radical (unpaired) electrons. The van der Waals surface area contributed by atoms with E-state index >= 15 is 0 Å². The SMILES string of the molecule is CC(C)Cc1ccc(C(C)C(=O)Nc2ccc(OC(=O)CC(CO[N+](=O)[O-])O[N+](=O)[O-])c(C(=O)OCCSS(C)=O)c2)cc1. The summed E-state index contributed by atoms with van der Waals surface area (Å²) in [6.07, 6.45) is -0.149. The lowest BCUT2D eigenvalue weighted by atomic mass is 9.96. The maximum Gasteiger partial charge on any atom is 0.342 e. The molecule has 1 amide bonds. The molecule has 3 atom stereocenters. The Bertz CT molecular complexity index is 1350. The molecule has 0 aromatic heterocycles. The normalized spacial score (nSPS) is 12.8. The number of carbonyl (C=O) groups excluding carboxylic acids is 3. The molecule has 0 saturated carbocycles. The summed E-state index contributed by atoms with van der Waals surface area (Å²) in [7, 11) is -0.149. The van der Waals surface area contributed by atoms with Crippen LogP contribution in [0.15, 0.2) is 42.5 Å². The van der Waals surface area contributed by atoms with Crippen LogP contribution in [0.25, 0.3) is 0 Å². The standard InChI is InChI=1S/C27H33N3O12S2/c1-17(2)13-19-5-7-20(8-6-19)18(3)26(32)28-21-9-10-24(23(14-21)27(33)39-11-12-43-44(4)38)41-25(31)15-22(42-30(36)37)16-40-29(34)35/h5-10,14,17-18,22H,11-13,15-16H2,1-4H3,(H,28,32). The Morgan fingerprint density at radius 3 is 2.30 bits per heavy atom. The monoisotopic (exact) mass is 655 g/mol. The van der Waals surface area contributed by atoms with Crippen molar-refractivity contribution in [2.24, 2.45) is 5.92 Å². The van der Waals surface area contributed by atoms with Gasteiger partial charge in [-0.1, -0.05) is 48.9 Å². The Morgan fingerprint density at radius 2 is 1.70 bits per heavy atom. The van der Waals surface area contributed by atoms with Gasteiger partial charge in [-0.15, -0.1) is 20.2 Å². The van der Waals surface area contributed by atoms with E-state index in [-0.39, 0.29) is 35.3 Å². The van der Waals surface area contributed by atoms with Crippen LogP contribution < -0.4 is 10.1 Å². The zero-order chi connectivity index (χ0) is 32.8. The van der Waals surface area contributed by atoms with Crippen molar-refractivity contribution < 1.29 is 47.9 Å². The predicted molar refractivity (Wildman–Crippen MR) is 160 cm³/mol. The van der Waals surface area contributed by atoms with Crippen molar-refractivity contribution in [3.63, 3.8) is 0 Å². The second kappa shape index (κ2) is 17.8. The number of anilines is 1. The first-order chi connectivity index (χ1) is 20.7. The first kappa shape index (κ1) is 35.9. The van der Waals surface area contributed by atoms with Crippen molar-refractivity contribution in [3.8, 4) is 5.75 Å². The van der Waals surface area contributed by atoms with Gasteiger partial charge in [0.25, 0.3) is 10.2 Å². The summed E-state index contributed by atoms with van der Waals surface area (Å²) in [4.78, 5) is 68.0. The molecule has 3 unspecified atom stereocenters. The fourth-order valence-corrected chi connectivity index (χ4v) is 5.07. The van der Waals surface area contributed by atoms with Gasteiger partial charge in [0.05, 0.1) is 22.2 Å². The third kappa shape index (κ3) is 12.9. The van der Waals surface area contributed by atoms with Crippen molar-refractivity contribution in [3.05, 3.63) is 79.4 Å². The molecule has 0 aliphatic rings. The van der Waals surface area contributed by atoms with Gasteiger partial charge in [0, 0.05) is 17.7 Å². The zero-order valence-electron chi connectivity index (χ0n) is 24.4. The van der Waals surface area contributed by atoms with Crippen molar-refractivity contribution >= 4 is 44.2 Å². The van der Waals surface area contributed by atoms with E-state index in [1.54, 1.807) is 6.92 Å². The van der Waals surface area contributed by atoms with E-state index < -0.39 is 57.0 Å². The predicted octanol–water partition coefficient (Wildman–Crippen LogP) is 3.89. The van der Waals surface area contributed by atoms with Crippen LogP contribution in [0.2, 0.25) is 0 Å². The van der Waals surface area contributed by atoms with Crippen LogP contribution in [0.3, 0.4) is 0 Å². The topological polar surface area (TPSA) is 204 Å². The number of rotatable bonds is 18. The summed E-state index contributed by atoms with van der Waals surface area (Å²) in [5.74, 6) is -2.62. The van der Waals surface area contributed by atoms with Crippen LogP contribution in [0.4, 0.5) is 5.69 Å². The third-order valence-electron chi connectivity index (χ3n) is 5.77. The van der Waals surface area contributed by atoms with Crippen LogP contribution in [-0.2, 0) is 40.3 Å². The van der Waals surface area contributed by atoms with Crippen LogP contribution in [0.1, 0.15) is 54.6 Å². The van der Waals surface area contributed by atoms with Gasteiger partial charge >= 0.3 is 11.9 Å². The summed E-state index contributed by atoms with van der Waals surface area (Å²) in [6, 6.07) is 11.5. The zero-order valence-corrected chi connectivity index (χ0v) is 26.1. The number of nitrogens with zero attached hydrogens (tertiary/aromatic N) is 2. The molecule has 0 saturated heterocycles. The highest BCUT2D eigenvalue weighted by Gasteiger charge is 2.24. The maximum absolute atomic E-state index is 13.0. The Morgan fingerprint density at radius 1 is 1.02 bits per heavy atom. The lowest BCUT2D eigenvalue weighted by Crippen LogP contribution is -2.29.